The summed E-state index contributed by atoms with van der Waals surface area (Å²) in [5.74, 6) is 1.48. The number of halogens is 1. The fourth-order valence-corrected chi connectivity index (χ4v) is 4.13. The van der Waals surface area contributed by atoms with Gasteiger partial charge in [0, 0.05) is 26.7 Å². The first-order valence-corrected chi connectivity index (χ1v) is 10.6. The molecule has 3 N–H and O–H groups in total. The summed E-state index contributed by atoms with van der Waals surface area (Å²) in [5, 5.41) is 7.97. The average Bonchev–Trinajstić information content (AvgIpc) is 3.20. The van der Waals surface area contributed by atoms with Crippen LogP contribution in [0, 0.1) is 0 Å². The van der Waals surface area contributed by atoms with Crippen molar-refractivity contribution in [3.05, 3.63) is 47.8 Å². The summed E-state index contributed by atoms with van der Waals surface area (Å²) in [6.07, 6.45) is 0.820. The number of hydrogen-bond acceptors (Lipinski definition) is 5. The number of thiophene rings is 1. The minimum absolute atomic E-state index is 0. The van der Waals surface area contributed by atoms with Crippen LogP contribution in [-0.2, 0) is 10.0 Å². The number of rotatable bonds is 10. The SMILES string of the molecule is CN=C(NCCCOc1ccccc1)NCCNS(=O)(=O)c1cccs1.I. The van der Waals surface area contributed by atoms with Crippen molar-refractivity contribution in [3.63, 3.8) is 0 Å². The predicted molar refractivity (Wildman–Crippen MR) is 121 cm³/mol. The molecular formula is C17H25IN4O3S2. The lowest BCUT2D eigenvalue weighted by Gasteiger charge is -2.12. The van der Waals surface area contributed by atoms with Crippen LogP contribution >= 0.6 is 35.3 Å². The van der Waals surface area contributed by atoms with Crippen molar-refractivity contribution in [3.8, 4) is 5.75 Å². The molecule has 2 aromatic rings. The third-order valence-electron chi connectivity index (χ3n) is 3.32. The first kappa shape index (κ1) is 23.7. The maximum absolute atomic E-state index is 12.0. The van der Waals surface area contributed by atoms with Gasteiger partial charge in [-0.3, -0.25) is 4.99 Å². The van der Waals surface area contributed by atoms with Crippen molar-refractivity contribution >= 4 is 51.3 Å². The van der Waals surface area contributed by atoms with Gasteiger partial charge >= 0.3 is 0 Å². The molecule has 1 heterocycles. The molecule has 150 valence electrons. The highest BCUT2D eigenvalue weighted by atomic mass is 127. The molecule has 0 fully saturated rings. The number of nitrogens with zero attached hydrogens (tertiary/aromatic N) is 1. The molecule has 0 saturated heterocycles. The number of benzene rings is 1. The standard InChI is InChI=1S/C17H24N4O3S2.HI/c1-18-17(19-10-6-13-24-15-7-3-2-4-8-15)20-11-12-21-26(22,23)16-9-5-14-25-16;/h2-5,7-9,14,21H,6,10-13H2,1H3,(H2,18,19,20);1H. The van der Waals surface area contributed by atoms with Crippen LogP contribution in [0.4, 0.5) is 0 Å². The molecule has 0 saturated carbocycles. The Bertz CT molecular complexity index is 769. The molecule has 0 bridgehead atoms. The van der Waals surface area contributed by atoms with Gasteiger partial charge in [-0.2, -0.15) is 0 Å². The van der Waals surface area contributed by atoms with Crippen LogP contribution in [0.5, 0.6) is 5.75 Å². The van der Waals surface area contributed by atoms with E-state index in [1.54, 1.807) is 24.6 Å². The number of aliphatic imine (C=N–C) groups is 1. The zero-order valence-corrected chi connectivity index (χ0v) is 19.0. The van der Waals surface area contributed by atoms with Gasteiger partial charge in [-0.25, -0.2) is 13.1 Å². The average molecular weight is 524 g/mol. The lowest BCUT2D eigenvalue weighted by Crippen LogP contribution is -2.41. The van der Waals surface area contributed by atoms with Gasteiger partial charge < -0.3 is 15.4 Å². The van der Waals surface area contributed by atoms with Crippen LogP contribution in [-0.4, -0.2) is 47.7 Å². The van der Waals surface area contributed by atoms with E-state index in [1.807, 2.05) is 30.3 Å². The molecule has 0 unspecified atom stereocenters. The van der Waals surface area contributed by atoms with Gasteiger partial charge in [-0.05, 0) is 30.0 Å². The van der Waals surface area contributed by atoms with Crippen LogP contribution in [0.3, 0.4) is 0 Å². The third-order valence-corrected chi connectivity index (χ3v) is 6.18. The number of sulfonamides is 1. The highest BCUT2D eigenvalue weighted by Crippen LogP contribution is 2.14. The zero-order valence-electron chi connectivity index (χ0n) is 15.1. The van der Waals surface area contributed by atoms with Crippen molar-refractivity contribution < 1.29 is 13.2 Å². The minimum atomic E-state index is -3.42. The Morgan fingerprint density at radius 1 is 1.07 bits per heavy atom. The Hall–Kier alpha value is -1.37. The first-order chi connectivity index (χ1) is 12.6. The molecule has 0 atom stereocenters. The Labute approximate surface area is 181 Å². The smallest absolute Gasteiger partial charge is 0.250 e. The van der Waals surface area contributed by atoms with Crippen LogP contribution in [0.1, 0.15) is 6.42 Å². The largest absolute Gasteiger partial charge is 0.494 e. The van der Waals surface area contributed by atoms with Gasteiger partial charge in [0.2, 0.25) is 10.0 Å². The highest BCUT2D eigenvalue weighted by Gasteiger charge is 2.13. The van der Waals surface area contributed by atoms with Crippen molar-refractivity contribution in [1.82, 2.24) is 15.4 Å². The van der Waals surface area contributed by atoms with Gasteiger partial charge in [0.05, 0.1) is 6.61 Å². The predicted octanol–water partition coefficient (Wildman–Crippen LogP) is 2.28. The van der Waals surface area contributed by atoms with Gasteiger partial charge in [0.1, 0.15) is 9.96 Å². The normalized spacial score (nSPS) is 11.5. The van der Waals surface area contributed by atoms with E-state index in [9.17, 15) is 8.42 Å². The highest BCUT2D eigenvalue weighted by molar-refractivity contribution is 14.0. The summed E-state index contributed by atoms with van der Waals surface area (Å²) in [6, 6.07) is 13.0. The molecule has 0 aliphatic rings. The molecule has 0 radical (unpaired) electrons. The summed E-state index contributed by atoms with van der Waals surface area (Å²) in [4.78, 5) is 4.11. The van der Waals surface area contributed by atoms with Gasteiger partial charge in [-0.15, -0.1) is 35.3 Å². The van der Waals surface area contributed by atoms with Gasteiger partial charge in [-0.1, -0.05) is 24.3 Å². The second-order valence-corrected chi connectivity index (χ2v) is 8.21. The summed E-state index contributed by atoms with van der Waals surface area (Å²) >= 11 is 1.19. The number of nitrogens with one attached hydrogen (secondary N) is 3. The molecule has 0 aliphatic carbocycles. The molecule has 0 aliphatic heterocycles. The van der Waals surface area contributed by atoms with E-state index in [-0.39, 0.29) is 30.5 Å². The fourth-order valence-electron chi connectivity index (χ4n) is 2.06. The lowest BCUT2D eigenvalue weighted by atomic mass is 10.3. The summed E-state index contributed by atoms with van der Waals surface area (Å²) in [5.41, 5.74) is 0. The number of hydrogen-bond donors (Lipinski definition) is 3. The van der Waals surface area contributed by atoms with Crippen molar-refractivity contribution in [2.45, 2.75) is 10.6 Å². The van der Waals surface area contributed by atoms with Crippen molar-refractivity contribution in [2.24, 2.45) is 4.99 Å². The Morgan fingerprint density at radius 3 is 2.48 bits per heavy atom. The molecule has 10 heteroatoms. The second-order valence-electron chi connectivity index (χ2n) is 5.27. The van der Waals surface area contributed by atoms with Crippen LogP contribution in [0.15, 0.2) is 57.0 Å². The van der Waals surface area contributed by atoms with Crippen LogP contribution in [0.25, 0.3) is 0 Å². The zero-order chi connectivity index (χ0) is 18.7. The number of ether oxygens (including phenoxy) is 1. The van der Waals surface area contributed by atoms with Crippen molar-refractivity contribution in [1.29, 1.82) is 0 Å². The third kappa shape index (κ3) is 8.91. The van der Waals surface area contributed by atoms with Crippen LogP contribution in [0.2, 0.25) is 0 Å². The molecule has 1 aromatic carbocycles. The van der Waals surface area contributed by atoms with Gasteiger partial charge in [0.15, 0.2) is 5.96 Å². The molecular weight excluding hydrogens is 499 g/mol. The molecule has 2 rings (SSSR count). The molecule has 0 spiro atoms. The number of guanidine groups is 1. The lowest BCUT2D eigenvalue weighted by molar-refractivity contribution is 0.311. The fraction of sp³-hybridized carbons (Fsp3) is 0.353. The van der Waals surface area contributed by atoms with Crippen molar-refractivity contribution in [2.75, 3.05) is 33.3 Å². The molecule has 1 aromatic heterocycles. The van der Waals surface area contributed by atoms with E-state index in [0.717, 1.165) is 12.2 Å². The maximum Gasteiger partial charge on any atom is 0.250 e. The maximum atomic E-state index is 12.0. The summed E-state index contributed by atoms with van der Waals surface area (Å²) in [7, 11) is -1.75. The Balaban J connectivity index is 0.00000364. The topological polar surface area (TPSA) is 91.8 Å². The number of para-hydroxylation sites is 1. The van der Waals surface area contributed by atoms with E-state index < -0.39 is 10.0 Å². The summed E-state index contributed by atoms with van der Waals surface area (Å²) < 4.78 is 32.4. The second kappa shape index (κ2) is 12.9. The monoisotopic (exact) mass is 524 g/mol. The first-order valence-electron chi connectivity index (χ1n) is 8.27. The van der Waals surface area contributed by atoms with E-state index in [0.29, 0.717) is 29.9 Å². The summed E-state index contributed by atoms with van der Waals surface area (Å²) in [6.45, 7) is 2.02. The molecule has 0 amide bonds. The van der Waals surface area contributed by atoms with E-state index in [2.05, 4.69) is 20.3 Å². The van der Waals surface area contributed by atoms with Crippen LogP contribution < -0.4 is 20.1 Å². The Morgan fingerprint density at radius 2 is 1.81 bits per heavy atom. The van der Waals surface area contributed by atoms with E-state index >= 15 is 0 Å². The van der Waals surface area contributed by atoms with E-state index in [1.165, 1.54) is 11.3 Å². The van der Waals surface area contributed by atoms with Gasteiger partial charge in [0.25, 0.3) is 0 Å². The minimum Gasteiger partial charge on any atom is -0.494 e. The quantitative estimate of drug-likeness (QED) is 0.192. The Kier molecular flexibility index (Phi) is 11.3. The molecule has 7 nitrogen and oxygen atoms in total. The molecule has 27 heavy (non-hydrogen) atoms. The van der Waals surface area contributed by atoms with E-state index in [4.69, 9.17) is 4.74 Å².